The Morgan fingerprint density at radius 2 is 0.915 bits per heavy atom. The van der Waals surface area contributed by atoms with Gasteiger partial charge in [-0.2, -0.15) is 0 Å². The maximum atomic E-state index is 12.6. The van der Waals surface area contributed by atoms with Crippen molar-refractivity contribution in [2.45, 2.75) is 187 Å². The number of esters is 2. The minimum Gasteiger partial charge on any atom is -0.458 e. The van der Waals surface area contributed by atoms with Crippen molar-refractivity contribution in [3.8, 4) is 0 Å². The first-order valence-corrected chi connectivity index (χ1v) is 19.7. The van der Waals surface area contributed by atoms with Crippen LogP contribution >= 0.6 is 0 Å². The lowest BCUT2D eigenvalue weighted by Gasteiger charge is -2.35. The third kappa shape index (κ3) is 27.5. The molecular formula is C42H73NO4. The molecule has 0 bridgehead atoms. The number of carbonyl (C=O) groups is 2. The van der Waals surface area contributed by atoms with Gasteiger partial charge in [0.15, 0.2) is 6.10 Å². The number of hydrogen-bond acceptors (Lipinski definition) is 5. The lowest BCUT2D eigenvalue weighted by molar-refractivity contribution is -0.174. The largest absolute Gasteiger partial charge is 0.458 e. The first-order valence-electron chi connectivity index (χ1n) is 19.7. The highest BCUT2D eigenvalue weighted by molar-refractivity contribution is 5.70. The standard InChI is InChI=1S/C42H73NO4/c1-4-6-8-10-12-14-16-18-20-22-24-26-28-30-32-34-41(44)46-39-36-37-43(3)38-40(39)47-42(45)35-33-31-29-27-25-23-21-19-17-15-13-11-9-7-5-2/h12-15,18-21,39-40H,4-11,16-17,22-38H2,1-3H3/t39-,40-/m1/s1. The fraction of sp³-hybridized carbons (Fsp3) is 0.762. The topological polar surface area (TPSA) is 55.8 Å². The van der Waals surface area contributed by atoms with E-state index < -0.39 is 0 Å². The van der Waals surface area contributed by atoms with Crippen LogP contribution in [0.5, 0.6) is 0 Å². The van der Waals surface area contributed by atoms with E-state index in [1.807, 2.05) is 7.05 Å². The van der Waals surface area contributed by atoms with E-state index in [1.54, 1.807) is 0 Å². The smallest absolute Gasteiger partial charge is 0.306 e. The molecule has 0 radical (unpaired) electrons. The van der Waals surface area contributed by atoms with E-state index in [0.717, 1.165) is 70.8 Å². The second-order valence-electron chi connectivity index (χ2n) is 13.6. The molecule has 0 aromatic rings. The maximum Gasteiger partial charge on any atom is 0.306 e. The van der Waals surface area contributed by atoms with Crippen molar-refractivity contribution >= 4 is 11.9 Å². The molecule has 0 amide bonds. The summed E-state index contributed by atoms with van der Waals surface area (Å²) in [6, 6.07) is 0. The van der Waals surface area contributed by atoms with Gasteiger partial charge >= 0.3 is 11.9 Å². The Hall–Kier alpha value is -2.14. The molecular weight excluding hydrogens is 582 g/mol. The molecule has 0 unspecified atom stereocenters. The zero-order valence-electron chi connectivity index (χ0n) is 30.9. The van der Waals surface area contributed by atoms with Gasteiger partial charge in [0.1, 0.15) is 6.10 Å². The van der Waals surface area contributed by atoms with Crippen LogP contribution in [0.25, 0.3) is 0 Å². The van der Waals surface area contributed by atoms with E-state index in [9.17, 15) is 9.59 Å². The molecule has 0 spiro atoms. The Morgan fingerprint density at radius 1 is 0.532 bits per heavy atom. The number of piperidine rings is 1. The van der Waals surface area contributed by atoms with Crippen LogP contribution in [0.2, 0.25) is 0 Å². The molecule has 1 aliphatic heterocycles. The Morgan fingerprint density at radius 3 is 1.36 bits per heavy atom. The highest BCUT2D eigenvalue weighted by Gasteiger charge is 2.33. The molecule has 0 aromatic heterocycles. The van der Waals surface area contributed by atoms with Gasteiger partial charge in [0, 0.05) is 32.4 Å². The van der Waals surface area contributed by atoms with Crippen LogP contribution in [0.3, 0.4) is 0 Å². The van der Waals surface area contributed by atoms with E-state index in [1.165, 1.54) is 77.0 Å². The zero-order valence-corrected chi connectivity index (χ0v) is 30.9. The van der Waals surface area contributed by atoms with Crippen LogP contribution in [0.4, 0.5) is 0 Å². The molecule has 1 rings (SSSR count). The second kappa shape index (κ2) is 32.4. The fourth-order valence-corrected chi connectivity index (χ4v) is 5.91. The first kappa shape index (κ1) is 42.9. The molecule has 0 aromatic carbocycles. The SMILES string of the molecule is CCCCCC=CCC=CCCCCCCCC(=O)O[C@@H]1CCN(C)C[C@H]1OC(=O)CCCCCCCC=CCC=CCCCCC. The zero-order chi connectivity index (χ0) is 34.0. The predicted octanol–water partition coefficient (Wildman–Crippen LogP) is 11.8. The molecule has 0 N–H and O–H groups in total. The van der Waals surface area contributed by atoms with Crippen LogP contribution in [0, 0.1) is 0 Å². The maximum absolute atomic E-state index is 12.6. The lowest BCUT2D eigenvalue weighted by Crippen LogP contribution is -2.49. The average Bonchev–Trinajstić information content (AvgIpc) is 3.06. The number of allylic oxidation sites excluding steroid dienone is 8. The van der Waals surface area contributed by atoms with Crippen molar-refractivity contribution in [3.05, 3.63) is 48.6 Å². The number of ether oxygens (including phenoxy) is 2. The minimum absolute atomic E-state index is 0.153. The highest BCUT2D eigenvalue weighted by atomic mass is 16.6. The predicted molar refractivity (Wildman–Crippen MR) is 201 cm³/mol. The van der Waals surface area contributed by atoms with Gasteiger partial charge in [0.25, 0.3) is 0 Å². The normalized spacial score (nSPS) is 17.5. The van der Waals surface area contributed by atoms with Gasteiger partial charge in [-0.05, 0) is 84.1 Å². The Kier molecular flexibility index (Phi) is 29.6. The van der Waals surface area contributed by atoms with Gasteiger partial charge in [0.2, 0.25) is 0 Å². The minimum atomic E-state index is -0.368. The molecule has 1 saturated heterocycles. The number of carbonyl (C=O) groups excluding carboxylic acids is 2. The Labute approximate surface area is 290 Å². The lowest BCUT2D eigenvalue weighted by atomic mass is 10.0. The van der Waals surface area contributed by atoms with E-state index in [0.29, 0.717) is 25.8 Å². The van der Waals surface area contributed by atoms with Gasteiger partial charge in [-0.15, -0.1) is 0 Å². The molecule has 270 valence electrons. The summed E-state index contributed by atoms with van der Waals surface area (Å²) in [5.41, 5.74) is 0. The van der Waals surface area contributed by atoms with Crippen molar-refractivity contribution in [1.29, 1.82) is 0 Å². The monoisotopic (exact) mass is 656 g/mol. The van der Waals surface area contributed by atoms with Gasteiger partial charge < -0.3 is 14.4 Å². The second-order valence-corrected chi connectivity index (χ2v) is 13.6. The number of rotatable bonds is 30. The molecule has 0 aliphatic carbocycles. The van der Waals surface area contributed by atoms with Crippen LogP contribution in [-0.2, 0) is 19.1 Å². The summed E-state index contributed by atoms with van der Waals surface area (Å²) in [5.74, 6) is -0.314. The Bertz CT molecular complexity index is 861. The summed E-state index contributed by atoms with van der Waals surface area (Å²) in [5, 5.41) is 0. The summed E-state index contributed by atoms with van der Waals surface area (Å²) in [6.07, 6.45) is 44.8. The van der Waals surface area contributed by atoms with E-state index in [-0.39, 0.29) is 24.1 Å². The van der Waals surface area contributed by atoms with Gasteiger partial charge in [-0.3, -0.25) is 9.59 Å². The quantitative estimate of drug-likeness (QED) is 0.0438. The molecule has 5 heteroatoms. The van der Waals surface area contributed by atoms with E-state index >= 15 is 0 Å². The molecule has 1 fully saturated rings. The third-order valence-corrected chi connectivity index (χ3v) is 8.93. The number of unbranched alkanes of at least 4 members (excludes halogenated alkanes) is 16. The molecule has 5 nitrogen and oxygen atoms in total. The fourth-order valence-electron chi connectivity index (χ4n) is 5.91. The highest BCUT2D eigenvalue weighted by Crippen LogP contribution is 2.19. The molecule has 1 heterocycles. The molecule has 1 aliphatic rings. The van der Waals surface area contributed by atoms with Gasteiger partial charge in [0.05, 0.1) is 0 Å². The first-order chi connectivity index (χ1) is 23.1. The van der Waals surface area contributed by atoms with Crippen LogP contribution in [-0.4, -0.2) is 49.2 Å². The summed E-state index contributed by atoms with van der Waals surface area (Å²) in [7, 11) is 2.03. The number of nitrogens with zero attached hydrogens (tertiary/aromatic N) is 1. The molecule has 2 atom stereocenters. The van der Waals surface area contributed by atoms with Crippen molar-refractivity contribution in [2.24, 2.45) is 0 Å². The third-order valence-electron chi connectivity index (χ3n) is 8.93. The van der Waals surface area contributed by atoms with E-state index in [4.69, 9.17) is 9.47 Å². The van der Waals surface area contributed by atoms with Crippen molar-refractivity contribution in [2.75, 3.05) is 20.1 Å². The van der Waals surface area contributed by atoms with Crippen molar-refractivity contribution in [1.82, 2.24) is 4.90 Å². The molecule has 0 saturated carbocycles. The molecule has 47 heavy (non-hydrogen) atoms. The van der Waals surface area contributed by atoms with Crippen LogP contribution in [0.15, 0.2) is 48.6 Å². The summed E-state index contributed by atoms with van der Waals surface area (Å²) in [4.78, 5) is 27.4. The number of hydrogen-bond donors (Lipinski definition) is 0. The number of likely N-dealkylation sites (tertiary alicyclic amines) is 1. The Balaban J connectivity index is 2.09. The van der Waals surface area contributed by atoms with Gasteiger partial charge in [-0.1, -0.05) is 127 Å². The number of likely N-dealkylation sites (N-methyl/N-ethyl adjacent to an activating group) is 1. The summed E-state index contributed by atoms with van der Waals surface area (Å²) < 4.78 is 11.7. The van der Waals surface area contributed by atoms with E-state index in [2.05, 4.69) is 67.4 Å². The van der Waals surface area contributed by atoms with Crippen LogP contribution < -0.4 is 0 Å². The van der Waals surface area contributed by atoms with Gasteiger partial charge in [-0.25, -0.2) is 0 Å². The summed E-state index contributed by atoms with van der Waals surface area (Å²) in [6.45, 7) is 5.96. The van der Waals surface area contributed by atoms with Crippen molar-refractivity contribution in [3.63, 3.8) is 0 Å². The van der Waals surface area contributed by atoms with Crippen LogP contribution in [0.1, 0.15) is 174 Å². The summed E-state index contributed by atoms with van der Waals surface area (Å²) >= 11 is 0. The van der Waals surface area contributed by atoms with Crippen molar-refractivity contribution < 1.29 is 19.1 Å². The average molecular weight is 656 g/mol.